The number of amides is 3. The van der Waals surface area contributed by atoms with Crippen molar-refractivity contribution in [2.75, 3.05) is 6.61 Å². The van der Waals surface area contributed by atoms with Crippen LogP contribution in [0.2, 0.25) is 0 Å². The van der Waals surface area contributed by atoms with Gasteiger partial charge in [-0.05, 0) is 57.7 Å². The highest BCUT2D eigenvalue weighted by Gasteiger charge is 2.38. The minimum Gasteiger partial charge on any atom is -0.480 e. The van der Waals surface area contributed by atoms with Crippen LogP contribution in [0, 0.1) is 5.92 Å². The van der Waals surface area contributed by atoms with Crippen LogP contribution in [0.3, 0.4) is 0 Å². The maximum atomic E-state index is 14.1. The number of rotatable bonds is 15. The van der Waals surface area contributed by atoms with Crippen molar-refractivity contribution in [1.82, 2.24) is 16.0 Å². The highest BCUT2D eigenvalue weighted by atomic mass is 16.5. The van der Waals surface area contributed by atoms with E-state index in [1.807, 2.05) is 153 Å². The second-order valence-electron chi connectivity index (χ2n) is 14.0. The highest BCUT2D eigenvalue weighted by Crippen LogP contribution is 2.44. The van der Waals surface area contributed by atoms with Crippen molar-refractivity contribution in [3.05, 3.63) is 167 Å². The van der Waals surface area contributed by atoms with Gasteiger partial charge < -0.3 is 25.8 Å². The maximum Gasteiger partial charge on any atom is 0.407 e. The molecule has 0 unspecified atom stereocenters. The van der Waals surface area contributed by atoms with E-state index in [9.17, 15) is 24.3 Å². The molecule has 0 saturated heterocycles. The van der Waals surface area contributed by atoms with E-state index in [4.69, 9.17) is 4.74 Å². The summed E-state index contributed by atoms with van der Waals surface area (Å²) in [7, 11) is 0. The van der Waals surface area contributed by atoms with Crippen molar-refractivity contribution >= 4 is 23.9 Å². The van der Waals surface area contributed by atoms with Crippen molar-refractivity contribution in [1.29, 1.82) is 0 Å². The van der Waals surface area contributed by atoms with E-state index in [-0.39, 0.29) is 43.6 Å². The summed E-state index contributed by atoms with van der Waals surface area (Å²) >= 11 is 0. The molecule has 0 fully saturated rings. The van der Waals surface area contributed by atoms with Crippen LogP contribution in [-0.4, -0.2) is 47.7 Å². The molecule has 0 heterocycles. The summed E-state index contributed by atoms with van der Waals surface area (Å²) in [6.07, 6.45) is -0.949. The quantitative estimate of drug-likeness (QED) is 0.0833. The van der Waals surface area contributed by atoms with E-state index in [1.54, 1.807) is 0 Å². The van der Waals surface area contributed by atoms with Crippen LogP contribution in [0.4, 0.5) is 4.79 Å². The number of benzene rings is 5. The predicted molar refractivity (Wildman–Crippen MR) is 208 cm³/mol. The molecular formula is C45H45N3O6. The Balaban J connectivity index is 1.23. The zero-order chi connectivity index (χ0) is 38.1. The second-order valence-corrected chi connectivity index (χ2v) is 14.0. The van der Waals surface area contributed by atoms with Gasteiger partial charge in [-0.2, -0.15) is 0 Å². The van der Waals surface area contributed by atoms with Gasteiger partial charge in [0.15, 0.2) is 0 Å². The molecule has 1 aliphatic carbocycles. The topological polar surface area (TPSA) is 134 Å². The fraction of sp³-hybridized carbons (Fsp3) is 0.244. The standard InChI is InChI=1S/C45H45N3O6/c1-30(2)28-40(43(51)52)46-42(50)39(47-44(53)54-29-38-36-24-14-12-22-34(36)35-23-13-15-25-37(35)38)26-27-41(49)48-45(31-16-6-3-7-17-31,32-18-8-4-9-19-32)33-20-10-5-11-21-33/h3-25,30,38-40H,26-29H2,1-2H3,(H,46,50)(H,47,53)(H,48,49)(H,51,52)/t39-,40-/m0/s1. The van der Waals surface area contributed by atoms with Gasteiger partial charge in [0.1, 0.15) is 24.2 Å². The van der Waals surface area contributed by atoms with E-state index in [2.05, 4.69) is 16.0 Å². The Morgan fingerprint density at radius 3 is 1.57 bits per heavy atom. The molecule has 276 valence electrons. The van der Waals surface area contributed by atoms with Crippen molar-refractivity contribution < 1.29 is 29.0 Å². The number of fused-ring (bicyclic) bond motifs is 3. The van der Waals surface area contributed by atoms with E-state index in [1.165, 1.54) is 0 Å². The molecule has 9 nitrogen and oxygen atoms in total. The van der Waals surface area contributed by atoms with Crippen LogP contribution in [0.15, 0.2) is 140 Å². The number of carbonyl (C=O) groups excluding carboxylic acids is 3. The fourth-order valence-corrected chi connectivity index (χ4v) is 7.34. The first-order valence-corrected chi connectivity index (χ1v) is 18.3. The van der Waals surface area contributed by atoms with E-state index < -0.39 is 35.6 Å². The third-order valence-corrected chi connectivity index (χ3v) is 9.88. The van der Waals surface area contributed by atoms with Gasteiger partial charge in [0.25, 0.3) is 0 Å². The molecule has 4 N–H and O–H groups in total. The molecule has 3 amide bonds. The Kier molecular flexibility index (Phi) is 11.9. The number of carboxylic acid groups (broad SMARTS) is 1. The summed E-state index contributed by atoms with van der Waals surface area (Å²) in [5, 5.41) is 18.4. The molecule has 0 aromatic heterocycles. The smallest absolute Gasteiger partial charge is 0.407 e. The first-order chi connectivity index (χ1) is 26.2. The normalized spacial score (nSPS) is 13.2. The zero-order valence-electron chi connectivity index (χ0n) is 30.4. The van der Waals surface area contributed by atoms with Crippen LogP contribution in [0.5, 0.6) is 0 Å². The van der Waals surface area contributed by atoms with Crippen molar-refractivity contribution in [3.8, 4) is 11.1 Å². The number of nitrogens with one attached hydrogen (secondary N) is 3. The molecule has 1 aliphatic rings. The number of hydrogen-bond acceptors (Lipinski definition) is 5. The lowest BCUT2D eigenvalue weighted by atomic mass is 9.77. The van der Waals surface area contributed by atoms with Crippen LogP contribution in [-0.2, 0) is 24.7 Å². The summed E-state index contributed by atoms with van der Waals surface area (Å²) in [5.74, 6) is -2.51. The van der Waals surface area contributed by atoms with Gasteiger partial charge >= 0.3 is 12.1 Å². The minimum atomic E-state index is -1.26. The zero-order valence-corrected chi connectivity index (χ0v) is 30.4. The molecule has 0 spiro atoms. The lowest BCUT2D eigenvalue weighted by Gasteiger charge is -2.37. The van der Waals surface area contributed by atoms with Crippen molar-refractivity contribution in [3.63, 3.8) is 0 Å². The fourth-order valence-electron chi connectivity index (χ4n) is 7.34. The molecule has 0 radical (unpaired) electrons. The molecular weight excluding hydrogens is 679 g/mol. The molecule has 54 heavy (non-hydrogen) atoms. The third kappa shape index (κ3) is 8.36. The first kappa shape index (κ1) is 37.5. The lowest BCUT2D eigenvalue weighted by molar-refractivity contribution is -0.142. The Hall–Kier alpha value is -6.22. The maximum absolute atomic E-state index is 14.1. The van der Waals surface area contributed by atoms with Gasteiger partial charge in [0.2, 0.25) is 11.8 Å². The van der Waals surface area contributed by atoms with Crippen LogP contribution < -0.4 is 16.0 Å². The average molecular weight is 724 g/mol. The van der Waals surface area contributed by atoms with Gasteiger partial charge in [0, 0.05) is 12.3 Å². The summed E-state index contributed by atoms with van der Waals surface area (Å²) < 4.78 is 5.75. The first-order valence-electron chi connectivity index (χ1n) is 18.3. The van der Waals surface area contributed by atoms with Crippen molar-refractivity contribution in [2.24, 2.45) is 5.92 Å². The minimum absolute atomic E-state index is 0.0206. The summed E-state index contributed by atoms with van der Waals surface area (Å²) in [4.78, 5) is 53.4. The SMILES string of the molecule is CC(C)C[C@H](NC(=O)[C@H](CCC(=O)NC(c1ccccc1)(c1ccccc1)c1ccccc1)NC(=O)OCC1c2ccccc2-c2ccccc21)C(=O)O. The summed E-state index contributed by atoms with van der Waals surface area (Å²) in [6.45, 7) is 3.74. The summed E-state index contributed by atoms with van der Waals surface area (Å²) in [5.41, 5.74) is 5.65. The Morgan fingerprint density at radius 2 is 1.11 bits per heavy atom. The van der Waals surface area contributed by atoms with Gasteiger partial charge in [-0.25, -0.2) is 9.59 Å². The molecule has 0 bridgehead atoms. The van der Waals surface area contributed by atoms with E-state index in [0.717, 1.165) is 38.9 Å². The molecule has 5 aromatic rings. The molecule has 9 heteroatoms. The summed E-state index contributed by atoms with van der Waals surface area (Å²) in [6, 6.07) is 42.4. The predicted octanol–water partition coefficient (Wildman–Crippen LogP) is 7.40. The Bertz CT molecular complexity index is 1930. The monoisotopic (exact) mass is 723 g/mol. The van der Waals surface area contributed by atoms with Crippen LogP contribution >= 0.6 is 0 Å². The number of ether oxygens (including phenoxy) is 1. The number of hydrogen-bond donors (Lipinski definition) is 4. The van der Waals surface area contributed by atoms with Gasteiger partial charge in [0.05, 0.1) is 0 Å². The van der Waals surface area contributed by atoms with Crippen molar-refractivity contribution in [2.45, 2.75) is 56.7 Å². The Labute approximate surface area is 315 Å². The largest absolute Gasteiger partial charge is 0.480 e. The third-order valence-electron chi connectivity index (χ3n) is 9.88. The van der Waals surface area contributed by atoms with E-state index in [0.29, 0.717) is 0 Å². The Morgan fingerprint density at radius 1 is 0.648 bits per heavy atom. The van der Waals surface area contributed by atoms with Crippen LogP contribution in [0.25, 0.3) is 11.1 Å². The lowest BCUT2D eigenvalue weighted by Crippen LogP contribution is -2.53. The number of carboxylic acids is 1. The molecule has 6 rings (SSSR count). The van der Waals surface area contributed by atoms with Gasteiger partial charge in [-0.1, -0.05) is 153 Å². The van der Waals surface area contributed by atoms with Crippen LogP contribution in [0.1, 0.15) is 66.8 Å². The molecule has 5 aromatic carbocycles. The van der Waals surface area contributed by atoms with E-state index >= 15 is 0 Å². The highest BCUT2D eigenvalue weighted by molar-refractivity contribution is 5.90. The molecule has 0 saturated carbocycles. The number of alkyl carbamates (subject to hydrolysis) is 1. The molecule has 0 aliphatic heterocycles. The van der Waals surface area contributed by atoms with Gasteiger partial charge in [-0.15, -0.1) is 0 Å². The average Bonchev–Trinajstić information content (AvgIpc) is 3.51. The molecule has 2 atom stereocenters. The van der Waals surface area contributed by atoms with Gasteiger partial charge in [-0.3, -0.25) is 9.59 Å². The number of carbonyl (C=O) groups is 4. The second kappa shape index (κ2) is 17.1. The number of aliphatic carboxylic acids is 1.